The lowest BCUT2D eigenvalue weighted by atomic mass is 9.66. The van der Waals surface area contributed by atoms with Gasteiger partial charge in [0.05, 0.1) is 12.0 Å². The predicted octanol–water partition coefficient (Wildman–Crippen LogP) is 3.12. The fourth-order valence-corrected chi connectivity index (χ4v) is 2.85. The Balaban J connectivity index is 1.71. The van der Waals surface area contributed by atoms with Crippen LogP contribution in [0.1, 0.15) is 52.0 Å². The van der Waals surface area contributed by atoms with Gasteiger partial charge in [-0.3, -0.25) is 9.59 Å². The number of nitrogens with one attached hydrogen (secondary N) is 1. The number of carbonyl (C=O) groups excluding carboxylic acids is 1. The van der Waals surface area contributed by atoms with Gasteiger partial charge in [-0.05, 0) is 36.0 Å². The number of carbonyl (C=O) groups is 2. The van der Waals surface area contributed by atoms with Crippen molar-refractivity contribution in [3.05, 3.63) is 29.8 Å². The first kappa shape index (κ1) is 18.3. The Bertz CT molecular complexity index is 582. The van der Waals surface area contributed by atoms with Crippen LogP contribution in [0.5, 0.6) is 5.75 Å². The van der Waals surface area contributed by atoms with Crippen molar-refractivity contribution < 1.29 is 19.4 Å². The van der Waals surface area contributed by atoms with Gasteiger partial charge in [0.15, 0.2) is 0 Å². The number of amides is 1. The summed E-state index contributed by atoms with van der Waals surface area (Å²) in [5.41, 5.74) is 0.504. The van der Waals surface area contributed by atoms with Crippen LogP contribution in [0, 0.1) is 5.41 Å². The van der Waals surface area contributed by atoms with Gasteiger partial charge in [0.1, 0.15) is 12.4 Å². The molecule has 0 aromatic heterocycles. The molecular formula is C19H27NO4. The summed E-state index contributed by atoms with van der Waals surface area (Å²) in [7, 11) is 0. The van der Waals surface area contributed by atoms with Gasteiger partial charge < -0.3 is 15.2 Å². The number of rotatable bonds is 7. The molecule has 0 heterocycles. The number of hydrogen-bond donors (Lipinski definition) is 2. The van der Waals surface area contributed by atoms with Crippen molar-refractivity contribution in [1.82, 2.24) is 5.32 Å². The number of carboxylic acids is 1. The van der Waals surface area contributed by atoms with Crippen LogP contribution in [0.4, 0.5) is 0 Å². The van der Waals surface area contributed by atoms with Crippen LogP contribution < -0.4 is 10.1 Å². The van der Waals surface area contributed by atoms with Crippen molar-refractivity contribution in [2.75, 3.05) is 13.2 Å². The molecule has 0 bridgehead atoms. The highest BCUT2D eigenvalue weighted by Gasteiger charge is 2.45. The van der Waals surface area contributed by atoms with Crippen molar-refractivity contribution in [2.45, 2.75) is 51.9 Å². The lowest BCUT2D eigenvalue weighted by Crippen LogP contribution is -2.43. The number of carboxylic acid groups (broad SMARTS) is 1. The highest BCUT2D eigenvalue weighted by molar-refractivity contribution is 5.85. The summed E-state index contributed by atoms with van der Waals surface area (Å²) in [5.74, 6) is -0.318. The minimum Gasteiger partial charge on any atom is -0.492 e. The highest BCUT2D eigenvalue weighted by atomic mass is 16.5. The van der Waals surface area contributed by atoms with Crippen molar-refractivity contribution in [3.63, 3.8) is 0 Å². The van der Waals surface area contributed by atoms with Gasteiger partial charge in [-0.25, -0.2) is 0 Å². The molecule has 1 aliphatic rings. The molecule has 1 saturated carbocycles. The van der Waals surface area contributed by atoms with Gasteiger partial charge in [-0.2, -0.15) is 0 Å². The zero-order valence-corrected chi connectivity index (χ0v) is 14.7. The van der Waals surface area contributed by atoms with Crippen LogP contribution in [-0.2, 0) is 15.0 Å². The molecule has 1 aromatic carbocycles. The van der Waals surface area contributed by atoms with E-state index in [9.17, 15) is 14.7 Å². The monoisotopic (exact) mass is 333 g/mol. The molecule has 0 spiro atoms. The molecule has 5 heteroatoms. The quantitative estimate of drug-likeness (QED) is 0.752. The Morgan fingerprint density at radius 2 is 1.83 bits per heavy atom. The molecule has 0 radical (unpaired) electrons. The lowest BCUT2D eigenvalue weighted by molar-refractivity contribution is -0.157. The number of ether oxygens (including phenoxy) is 1. The standard InChI is InChI=1S/C19H27NO4/c1-18(2,3)14-5-7-15(8-6-14)24-12-11-20-16(21)13-19(17(22)23)9-4-10-19/h5-8H,4,9-13H2,1-3H3,(H,20,21)(H,22,23). The summed E-state index contributed by atoms with van der Waals surface area (Å²) >= 11 is 0. The first-order valence-electron chi connectivity index (χ1n) is 8.46. The van der Waals surface area contributed by atoms with Crippen molar-refractivity contribution >= 4 is 11.9 Å². The second-order valence-corrected chi connectivity index (χ2v) is 7.59. The maximum atomic E-state index is 11.9. The van der Waals surface area contributed by atoms with Gasteiger partial charge in [0.25, 0.3) is 0 Å². The third-order valence-electron chi connectivity index (χ3n) is 4.68. The summed E-state index contributed by atoms with van der Waals surface area (Å²) in [6.07, 6.45) is 2.12. The zero-order chi connectivity index (χ0) is 17.8. The van der Waals surface area contributed by atoms with Gasteiger partial charge in [-0.1, -0.05) is 39.3 Å². The Morgan fingerprint density at radius 1 is 1.21 bits per heavy atom. The minimum atomic E-state index is -0.862. The average Bonchev–Trinajstić information content (AvgIpc) is 2.46. The predicted molar refractivity (Wildman–Crippen MR) is 92.2 cm³/mol. The topological polar surface area (TPSA) is 75.6 Å². The first-order valence-corrected chi connectivity index (χ1v) is 8.46. The van der Waals surface area contributed by atoms with Crippen LogP contribution >= 0.6 is 0 Å². The Morgan fingerprint density at radius 3 is 2.29 bits per heavy atom. The first-order chi connectivity index (χ1) is 11.2. The molecule has 1 fully saturated rings. The van der Waals surface area contributed by atoms with Crippen molar-refractivity contribution in [2.24, 2.45) is 5.41 Å². The SMILES string of the molecule is CC(C)(C)c1ccc(OCCNC(=O)CC2(C(=O)O)CCC2)cc1. The van der Waals surface area contributed by atoms with Gasteiger partial charge in [-0.15, -0.1) is 0 Å². The summed E-state index contributed by atoms with van der Waals surface area (Å²) in [6.45, 7) is 7.20. The molecular weight excluding hydrogens is 306 g/mol. The summed E-state index contributed by atoms with van der Waals surface area (Å²) in [4.78, 5) is 23.1. The molecule has 2 rings (SSSR count). The molecule has 2 N–H and O–H groups in total. The molecule has 24 heavy (non-hydrogen) atoms. The van der Waals surface area contributed by atoms with E-state index in [1.807, 2.05) is 24.3 Å². The molecule has 0 atom stereocenters. The fraction of sp³-hybridized carbons (Fsp3) is 0.579. The fourth-order valence-electron chi connectivity index (χ4n) is 2.85. The molecule has 132 valence electrons. The van der Waals surface area contributed by atoms with E-state index in [4.69, 9.17) is 4.74 Å². The normalized spacial score (nSPS) is 16.1. The largest absolute Gasteiger partial charge is 0.492 e. The molecule has 1 aromatic rings. The lowest BCUT2D eigenvalue weighted by Gasteiger charge is -2.36. The van der Waals surface area contributed by atoms with Gasteiger partial charge >= 0.3 is 5.97 Å². The van der Waals surface area contributed by atoms with Crippen molar-refractivity contribution in [3.8, 4) is 5.75 Å². The van der Waals surface area contributed by atoms with E-state index in [1.165, 1.54) is 5.56 Å². The van der Waals surface area contributed by atoms with E-state index in [0.29, 0.717) is 26.0 Å². The maximum absolute atomic E-state index is 11.9. The summed E-state index contributed by atoms with van der Waals surface area (Å²) in [5, 5.41) is 12.0. The van der Waals surface area contributed by atoms with Crippen LogP contribution in [0.2, 0.25) is 0 Å². The summed E-state index contributed by atoms with van der Waals surface area (Å²) in [6, 6.07) is 7.94. The number of aliphatic carboxylic acids is 1. The number of benzene rings is 1. The van der Waals surface area contributed by atoms with E-state index in [0.717, 1.165) is 12.2 Å². The molecule has 5 nitrogen and oxygen atoms in total. The molecule has 0 saturated heterocycles. The average molecular weight is 333 g/mol. The van der Waals surface area contributed by atoms with Crippen molar-refractivity contribution in [1.29, 1.82) is 0 Å². The Hall–Kier alpha value is -2.04. The number of hydrogen-bond acceptors (Lipinski definition) is 3. The van der Waals surface area contributed by atoms with Crippen LogP contribution in [-0.4, -0.2) is 30.1 Å². The molecule has 0 aliphatic heterocycles. The van der Waals surface area contributed by atoms with Crippen LogP contribution in [0.15, 0.2) is 24.3 Å². The second-order valence-electron chi connectivity index (χ2n) is 7.59. The third kappa shape index (κ3) is 4.49. The third-order valence-corrected chi connectivity index (χ3v) is 4.68. The van der Waals surface area contributed by atoms with E-state index >= 15 is 0 Å². The van der Waals surface area contributed by atoms with E-state index in [2.05, 4.69) is 26.1 Å². The Kier molecular flexibility index (Phi) is 5.52. The van der Waals surface area contributed by atoms with Crippen LogP contribution in [0.25, 0.3) is 0 Å². The van der Waals surface area contributed by atoms with E-state index in [-0.39, 0.29) is 17.7 Å². The molecule has 1 aliphatic carbocycles. The second kappa shape index (κ2) is 7.24. The van der Waals surface area contributed by atoms with E-state index in [1.54, 1.807) is 0 Å². The van der Waals surface area contributed by atoms with Crippen LogP contribution in [0.3, 0.4) is 0 Å². The smallest absolute Gasteiger partial charge is 0.310 e. The van der Waals surface area contributed by atoms with Gasteiger partial charge in [0, 0.05) is 6.42 Å². The Labute approximate surface area is 143 Å². The molecule has 1 amide bonds. The minimum absolute atomic E-state index is 0.0581. The van der Waals surface area contributed by atoms with E-state index < -0.39 is 11.4 Å². The maximum Gasteiger partial charge on any atom is 0.310 e. The van der Waals surface area contributed by atoms with Gasteiger partial charge in [0.2, 0.25) is 5.91 Å². The molecule has 0 unspecified atom stereocenters. The zero-order valence-electron chi connectivity index (χ0n) is 14.7. The highest BCUT2D eigenvalue weighted by Crippen LogP contribution is 2.44. The summed E-state index contributed by atoms with van der Waals surface area (Å²) < 4.78 is 5.61.